The number of carbonyl (C=O) groups excluding carboxylic acids is 1. The van der Waals surface area contributed by atoms with Gasteiger partial charge in [-0.25, -0.2) is 4.79 Å². The van der Waals surface area contributed by atoms with E-state index in [1.54, 1.807) is 6.08 Å². The van der Waals surface area contributed by atoms with Crippen molar-refractivity contribution >= 4 is 5.97 Å². The number of aliphatic hydroxyl groups is 5. The summed E-state index contributed by atoms with van der Waals surface area (Å²) in [6, 6.07) is 4.02. The molecule has 4 aliphatic rings. The SMILES string of the molecule is COc1cc(C(=O)O[C@@H]2[C@H]3C=CO[C@H](O[C@@H]4O[C@@H](CO)[C@H](O)[C@@H](O)[C@H]4O)[C@H]3[C@]3(CO)O[C@H]23)ccc1O. The van der Waals surface area contributed by atoms with E-state index in [0.29, 0.717) is 0 Å². The first-order chi connectivity index (χ1) is 17.2. The van der Waals surface area contributed by atoms with E-state index in [1.165, 1.54) is 31.6 Å². The predicted molar refractivity (Wildman–Crippen MR) is 114 cm³/mol. The van der Waals surface area contributed by atoms with Gasteiger partial charge in [0, 0.05) is 5.92 Å². The van der Waals surface area contributed by atoms with Gasteiger partial charge in [0.25, 0.3) is 0 Å². The fourth-order valence-electron chi connectivity index (χ4n) is 5.28. The van der Waals surface area contributed by atoms with Crippen LogP contribution in [-0.2, 0) is 23.7 Å². The monoisotopic (exact) mass is 512 g/mol. The highest BCUT2D eigenvalue weighted by atomic mass is 16.8. The van der Waals surface area contributed by atoms with E-state index in [-0.39, 0.29) is 17.1 Å². The molecular weight excluding hydrogens is 484 g/mol. The van der Waals surface area contributed by atoms with Crippen LogP contribution in [0, 0.1) is 11.8 Å². The second-order valence-corrected chi connectivity index (χ2v) is 9.18. The minimum atomic E-state index is -1.66. The Morgan fingerprint density at radius 3 is 2.58 bits per heavy atom. The molecule has 6 N–H and O–H groups in total. The number of epoxide rings is 1. The molecule has 0 radical (unpaired) electrons. The van der Waals surface area contributed by atoms with Crippen LogP contribution in [-0.4, -0.2) is 112 Å². The molecule has 0 amide bonds. The molecule has 198 valence electrons. The van der Waals surface area contributed by atoms with Crippen molar-refractivity contribution in [1.29, 1.82) is 0 Å². The van der Waals surface area contributed by atoms with Gasteiger partial charge in [-0.3, -0.25) is 0 Å². The maximum Gasteiger partial charge on any atom is 0.338 e. The van der Waals surface area contributed by atoms with Crippen LogP contribution in [0.1, 0.15) is 10.4 Å². The lowest BCUT2D eigenvalue weighted by Crippen LogP contribution is -2.60. The number of aromatic hydroxyl groups is 1. The highest BCUT2D eigenvalue weighted by Crippen LogP contribution is 2.60. The van der Waals surface area contributed by atoms with Gasteiger partial charge in [-0.05, 0) is 24.3 Å². The largest absolute Gasteiger partial charge is 0.504 e. The average Bonchev–Trinajstić information content (AvgIpc) is 3.56. The van der Waals surface area contributed by atoms with Gasteiger partial charge < -0.3 is 59.1 Å². The normalized spacial score (nSPS) is 42.7. The number of phenolic OH excluding ortho intramolecular Hbond substituents is 1. The molecule has 2 saturated heterocycles. The Hall–Kier alpha value is -2.49. The lowest BCUT2D eigenvalue weighted by Gasteiger charge is -2.43. The lowest BCUT2D eigenvalue weighted by molar-refractivity contribution is -0.344. The summed E-state index contributed by atoms with van der Waals surface area (Å²) in [5.74, 6) is -1.95. The number of phenols is 1. The minimum Gasteiger partial charge on any atom is -0.504 e. The van der Waals surface area contributed by atoms with E-state index >= 15 is 0 Å². The number of benzene rings is 1. The molecule has 3 fully saturated rings. The van der Waals surface area contributed by atoms with Gasteiger partial charge in [-0.15, -0.1) is 0 Å². The number of ether oxygens (including phenoxy) is 6. The third-order valence-electron chi connectivity index (χ3n) is 7.26. The summed E-state index contributed by atoms with van der Waals surface area (Å²) in [7, 11) is 1.35. The molecule has 0 bridgehead atoms. The third-order valence-corrected chi connectivity index (χ3v) is 7.26. The van der Waals surface area contributed by atoms with Crippen molar-refractivity contribution in [3.63, 3.8) is 0 Å². The van der Waals surface area contributed by atoms with E-state index in [0.717, 1.165) is 0 Å². The molecule has 5 rings (SSSR count). The molecular formula is C23H28O13. The number of rotatable bonds is 7. The van der Waals surface area contributed by atoms with Crippen molar-refractivity contribution in [2.45, 2.75) is 54.8 Å². The number of methoxy groups -OCH3 is 1. The van der Waals surface area contributed by atoms with Gasteiger partial charge >= 0.3 is 5.97 Å². The van der Waals surface area contributed by atoms with Crippen molar-refractivity contribution in [3.05, 3.63) is 36.1 Å². The van der Waals surface area contributed by atoms with Crippen molar-refractivity contribution < 1.29 is 63.9 Å². The number of fused-ring (bicyclic) bond motifs is 3. The zero-order valence-corrected chi connectivity index (χ0v) is 19.1. The van der Waals surface area contributed by atoms with E-state index in [4.69, 9.17) is 28.4 Å². The lowest BCUT2D eigenvalue weighted by atomic mass is 9.85. The number of esters is 1. The molecule has 0 unspecified atom stereocenters. The molecule has 13 nitrogen and oxygen atoms in total. The Morgan fingerprint density at radius 2 is 1.89 bits per heavy atom. The van der Waals surface area contributed by atoms with Crippen LogP contribution in [0.4, 0.5) is 0 Å². The maximum absolute atomic E-state index is 12.9. The summed E-state index contributed by atoms with van der Waals surface area (Å²) in [5, 5.41) is 59.8. The van der Waals surface area contributed by atoms with Crippen LogP contribution >= 0.6 is 0 Å². The standard InChI is InChI=1S/C23H28O13/c1-31-12-6-9(2-3-11(12)26)20(30)34-18-10-4-5-32-21(14(10)23(8-25)19(18)36-23)35-22-17(29)16(28)15(27)13(7-24)33-22/h2-6,10,13-19,21-22,24-29H,7-8H2,1H3/t10-,13-,14-,15-,16+,17+,18+,19+,21+,22-,23-/m0/s1. The van der Waals surface area contributed by atoms with E-state index < -0.39 is 85.8 Å². The summed E-state index contributed by atoms with van der Waals surface area (Å²) in [4.78, 5) is 12.9. The van der Waals surface area contributed by atoms with Crippen LogP contribution in [0.15, 0.2) is 30.5 Å². The Bertz CT molecular complexity index is 1010. The first-order valence-corrected chi connectivity index (χ1v) is 11.4. The molecule has 1 aromatic rings. The minimum absolute atomic E-state index is 0.0973. The molecule has 0 spiro atoms. The summed E-state index contributed by atoms with van der Waals surface area (Å²) < 4.78 is 33.4. The Morgan fingerprint density at radius 1 is 1.11 bits per heavy atom. The summed E-state index contributed by atoms with van der Waals surface area (Å²) in [6.45, 7) is -1.07. The zero-order valence-electron chi connectivity index (χ0n) is 19.1. The van der Waals surface area contributed by atoms with E-state index in [9.17, 15) is 35.4 Å². The first-order valence-electron chi connectivity index (χ1n) is 11.4. The molecule has 3 heterocycles. The van der Waals surface area contributed by atoms with Gasteiger partial charge in [0.2, 0.25) is 6.29 Å². The summed E-state index contributed by atoms with van der Waals surface area (Å²) in [5.41, 5.74) is -1.03. The Kier molecular flexibility index (Phi) is 6.59. The molecule has 36 heavy (non-hydrogen) atoms. The molecule has 0 aromatic heterocycles. The smallest absolute Gasteiger partial charge is 0.338 e. The second kappa shape index (κ2) is 9.43. The summed E-state index contributed by atoms with van der Waals surface area (Å²) in [6.07, 6.45) is -7.19. The molecule has 1 saturated carbocycles. The predicted octanol–water partition coefficient (Wildman–Crippen LogP) is -2.01. The quantitative estimate of drug-likeness (QED) is 0.173. The topological polar surface area (TPSA) is 197 Å². The van der Waals surface area contributed by atoms with Crippen LogP contribution in [0.5, 0.6) is 11.5 Å². The summed E-state index contributed by atoms with van der Waals surface area (Å²) >= 11 is 0. The van der Waals surface area contributed by atoms with Crippen LogP contribution in [0.25, 0.3) is 0 Å². The van der Waals surface area contributed by atoms with Gasteiger partial charge in [-0.2, -0.15) is 0 Å². The number of aliphatic hydroxyl groups excluding tert-OH is 5. The van der Waals surface area contributed by atoms with Crippen molar-refractivity contribution in [1.82, 2.24) is 0 Å². The van der Waals surface area contributed by atoms with Gasteiger partial charge in [0.15, 0.2) is 17.8 Å². The number of hydrogen-bond donors (Lipinski definition) is 6. The van der Waals surface area contributed by atoms with Gasteiger partial charge in [0.1, 0.15) is 42.2 Å². The van der Waals surface area contributed by atoms with Crippen LogP contribution in [0.3, 0.4) is 0 Å². The third kappa shape index (κ3) is 3.92. The fourth-order valence-corrected chi connectivity index (χ4v) is 5.28. The average molecular weight is 512 g/mol. The second-order valence-electron chi connectivity index (χ2n) is 9.18. The highest BCUT2D eigenvalue weighted by Gasteiger charge is 2.77. The van der Waals surface area contributed by atoms with Crippen molar-refractivity contribution in [2.24, 2.45) is 11.8 Å². The maximum atomic E-state index is 12.9. The number of hydrogen-bond acceptors (Lipinski definition) is 13. The van der Waals surface area contributed by atoms with Crippen LogP contribution < -0.4 is 4.74 Å². The molecule has 1 aliphatic carbocycles. The molecule has 3 aliphatic heterocycles. The highest BCUT2D eigenvalue weighted by molar-refractivity contribution is 5.90. The molecule has 1 aromatic carbocycles. The van der Waals surface area contributed by atoms with Crippen LogP contribution in [0.2, 0.25) is 0 Å². The Balaban J connectivity index is 1.35. The Labute approximate surface area is 205 Å². The van der Waals surface area contributed by atoms with Gasteiger partial charge in [0.05, 0.1) is 38.1 Å². The van der Waals surface area contributed by atoms with Crippen molar-refractivity contribution in [3.8, 4) is 11.5 Å². The van der Waals surface area contributed by atoms with Gasteiger partial charge in [-0.1, -0.05) is 0 Å². The van der Waals surface area contributed by atoms with E-state index in [2.05, 4.69) is 0 Å². The van der Waals surface area contributed by atoms with Crippen molar-refractivity contribution in [2.75, 3.05) is 20.3 Å². The molecule has 11 atom stereocenters. The first kappa shape index (κ1) is 25.2. The van der Waals surface area contributed by atoms with E-state index in [1.807, 2.05) is 0 Å². The fraction of sp³-hybridized carbons (Fsp3) is 0.609. The molecule has 13 heteroatoms. The number of carbonyl (C=O) groups is 1. The zero-order chi connectivity index (χ0) is 25.8.